The Balaban J connectivity index is 1.83. The van der Waals surface area contributed by atoms with Crippen LogP contribution in [0.3, 0.4) is 0 Å². The van der Waals surface area contributed by atoms with Crippen molar-refractivity contribution in [1.29, 1.82) is 0 Å². The molecule has 0 saturated carbocycles. The lowest BCUT2D eigenvalue weighted by atomic mass is 10.0. The number of nitrogens with one attached hydrogen (secondary N) is 1. The third kappa shape index (κ3) is 4.02. The molecule has 1 saturated heterocycles. The second-order valence-electron chi connectivity index (χ2n) is 4.57. The van der Waals surface area contributed by atoms with E-state index in [0.29, 0.717) is 6.61 Å². The van der Waals surface area contributed by atoms with Crippen LogP contribution in [0.4, 0.5) is 5.69 Å². The molecule has 0 aliphatic carbocycles. The summed E-state index contributed by atoms with van der Waals surface area (Å²) < 4.78 is 10.5. The van der Waals surface area contributed by atoms with E-state index >= 15 is 0 Å². The molecule has 3 nitrogen and oxygen atoms in total. The third-order valence-corrected chi connectivity index (χ3v) is 3.17. The lowest BCUT2D eigenvalue weighted by Crippen LogP contribution is -2.22. The topological polar surface area (TPSA) is 30.5 Å². The van der Waals surface area contributed by atoms with E-state index in [1.807, 2.05) is 0 Å². The van der Waals surface area contributed by atoms with Crippen molar-refractivity contribution in [2.45, 2.75) is 19.4 Å². The van der Waals surface area contributed by atoms with Crippen LogP contribution in [0.25, 0.3) is 0 Å². The molecular weight excluding hydrogens is 214 g/mol. The van der Waals surface area contributed by atoms with Crippen molar-refractivity contribution in [2.24, 2.45) is 5.92 Å². The number of benzene rings is 1. The highest BCUT2D eigenvalue weighted by Crippen LogP contribution is 2.17. The molecule has 1 aliphatic rings. The molecule has 0 amide bonds. The van der Waals surface area contributed by atoms with E-state index in [-0.39, 0.29) is 0 Å². The number of anilines is 1. The van der Waals surface area contributed by atoms with Gasteiger partial charge in [-0.1, -0.05) is 12.1 Å². The molecule has 0 atom stereocenters. The van der Waals surface area contributed by atoms with Crippen LogP contribution in [0.1, 0.15) is 18.4 Å². The van der Waals surface area contributed by atoms with Gasteiger partial charge in [0.2, 0.25) is 0 Å². The van der Waals surface area contributed by atoms with Gasteiger partial charge >= 0.3 is 0 Å². The summed E-state index contributed by atoms with van der Waals surface area (Å²) in [6.07, 6.45) is 2.34. The summed E-state index contributed by atoms with van der Waals surface area (Å²) in [5.41, 5.74) is 2.40. The van der Waals surface area contributed by atoms with E-state index < -0.39 is 0 Å². The summed E-state index contributed by atoms with van der Waals surface area (Å²) in [6.45, 7) is 3.54. The van der Waals surface area contributed by atoms with Crippen LogP contribution < -0.4 is 5.32 Å². The average molecular weight is 235 g/mol. The first kappa shape index (κ1) is 12.4. The lowest BCUT2D eigenvalue weighted by Gasteiger charge is -2.22. The van der Waals surface area contributed by atoms with Crippen molar-refractivity contribution in [1.82, 2.24) is 0 Å². The molecule has 94 valence electrons. The second kappa shape index (κ2) is 6.62. The highest BCUT2D eigenvalue weighted by atomic mass is 16.5. The lowest BCUT2D eigenvalue weighted by molar-refractivity contribution is 0.0699. The van der Waals surface area contributed by atoms with Crippen LogP contribution in [-0.4, -0.2) is 26.9 Å². The largest absolute Gasteiger partial charge is 0.385 e. The molecule has 17 heavy (non-hydrogen) atoms. The standard InChI is InChI=1S/C14H21NO2/c1-16-11-13-3-2-4-14(9-13)15-10-12-5-7-17-8-6-12/h2-4,9,12,15H,5-8,10-11H2,1H3. The zero-order chi connectivity index (χ0) is 11.9. The van der Waals surface area contributed by atoms with Gasteiger partial charge in [-0.3, -0.25) is 0 Å². The van der Waals surface area contributed by atoms with E-state index in [2.05, 4.69) is 29.6 Å². The number of ether oxygens (including phenoxy) is 2. The molecule has 2 rings (SSSR count). The van der Waals surface area contributed by atoms with Gasteiger partial charge in [0.1, 0.15) is 0 Å². The van der Waals surface area contributed by atoms with Crippen LogP contribution in [0.5, 0.6) is 0 Å². The smallest absolute Gasteiger partial charge is 0.0713 e. The summed E-state index contributed by atoms with van der Waals surface area (Å²) >= 11 is 0. The summed E-state index contributed by atoms with van der Waals surface area (Å²) in [6, 6.07) is 8.42. The first-order valence-corrected chi connectivity index (χ1v) is 6.28. The van der Waals surface area contributed by atoms with E-state index in [1.165, 1.54) is 24.1 Å². The number of hydrogen-bond acceptors (Lipinski definition) is 3. The maximum absolute atomic E-state index is 5.36. The summed E-state index contributed by atoms with van der Waals surface area (Å²) in [5.74, 6) is 0.745. The molecule has 1 aromatic carbocycles. The van der Waals surface area contributed by atoms with Crippen LogP contribution in [-0.2, 0) is 16.1 Å². The first-order valence-electron chi connectivity index (χ1n) is 6.28. The van der Waals surface area contributed by atoms with Crippen LogP contribution in [0.2, 0.25) is 0 Å². The molecule has 0 spiro atoms. The molecule has 0 aromatic heterocycles. The minimum atomic E-state index is 0.673. The molecule has 0 bridgehead atoms. The first-order chi connectivity index (χ1) is 8.38. The Kier molecular flexibility index (Phi) is 4.83. The van der Waals surface area contributed by atoms with Crippen molar-refractivity contribution in [3.63, 3.8) is 0 Å². The molecule has 0 radical (unpaired) electrons. The van der Waals surface area contributed by atoms with Gasteiger partial charge < -0.3 is 14.8 Å². The third-order valence-electron chi connectivity index (χ3n) is 3.17. The Labute approximate surface area is 103 Å². The fourth-order valence-corrected chi connectivity index (χ4v) is 2.15. The van der Waals surface area contributed by atoms with Crippen molar-refractivity contribution in [2.75, 3.05) is 32.2 Å². The Morgan fingerprint density at radius 2 is 2.18 bits per heavy atom. The minimum Gasteiger partial charge on any atom is -0.385 e. The van der Waals surface area contributed by atoms with Gasteiger partial charge in [-0.15, -0.1) is 0 Å². The van der Waals surface area contributed by atoms with E-state index in [0.717, 1.165) is 25.7 Å². The molecular formula is C14H21NO2. The van der Waals surface area contributed by atoms with Gasteiger partial charge in [0.05, 0.1) is 6.61 Å². The van der Waals surface area contributed by atoms with Crippen LogP contribution >= 0.6 is 0 Å². The van der Waals surface area contributed by atoms with Gasteiger partial charge in [0.15, 0.2) is 0 Å². The highest BCUT2D eigenvalue weighted by Gasteiger charge is 2.13. The Morgan fingerprint density at radius 1 is 1.35 bits per heavy atom. The number of rotatable bonds is 5. The van der Waals surface area contributed by atoms with Crippen molar-refractivity contribution >= 4 is 5.69 Å². The minimum absolute atomic E-state index is 0.673. The summed E-state index contributed by atoms with van der Waals surface area (Å²) in [4.78, 5) is 0. The quantitative estimate of drug-likeness (QED) is 0.851. The monoisotopic (exact) mass is 235 g/mol. The predicted molar refractivity (Wildman–Crippen MR) is 69.2 cm³/mol. The molecule has 1 aliphatic heterocycles. The highest BCUT2D eigenvalue weighted by molar-refractivity contribution is 5.45. The van der Waals surface area contributed by atoms with E-state index in [4.69, 9.17) is 9.47 Å². The molecule has 0 unspecified atom stereocenters. The van der Waals surface area contributed by atoms with Crippen molar-refractivity contribution in [3.8, 4) is 0 Å². The Hall–Kier alpha value is -1.06. The fourth-order valence-electron chi connectivity index (χ4n) is 2.15. The Morgan fingerprint density at radius 3 is 2.94 bits per heavy atom. The molecule has 1 heterocycles. The second-order valence-corrected chi connectivity index (χ2v) is 4.57. The molecule has 1 fully saturated rings. The maximum Gasteiger partial charge on any atom is 0.0713 e. The normalized spacial score (nSPS) is 17.0. The van der Waals surface area contributed by atoms with E-state index in [1.54, 1.807) is 7.11 Å². The summed E-state index contributed by atoms with van der Waals surface area (Å²) in [7, 11) is 1.72. The van der Waals surface area contributed by atoms with Crippen LogP contribution in [0, 0.1) is 5.92 Å². The van der Waals surface area contributed by atoms with Gasteiger partial charge in [-0.05, 0) is 36.5 Å². The van der Waals surface area contributed by atoms with E-state index in [9.17, 15) is 0 Å². The molecule has 1 N–H and O–H groups in total. The number of methoxy groups -OCH3 is 1. The van der Waals surface area contributed by atoms with Gasteiger partial charge in [0.25, 0.3) is 0 Å². The zero-order valence-corrected chi connectivity index (χ0v) is 10.4. The average Bonchev–Trinajstić information content (AvgIpc) is 2.39. The zero-order valence-electron chi connectivity index (χ0n) is 10.4. The predicted octanol–water partition coefficient (Wildman–Crippen LogP) is 2.67. The maximum atomic E-state index is 5.36. The van der Waals surface area contributed by atoms with Crippen molar-refractivity contribution < 1.29 is 9.47 Å². The number of hydrogen-bond donors (Lipinski definition) is 1. The summed E-state index contributed by atoms with van der Waals surface area (Å²) in [5, 5.41) is 3.50. The van der Waals surface area contributed by atoms with Crippen LogP contribution in [0.15, 0.2) is 24.3 Å². The molecule has 3 heteroatoms. The SMILES string of the molecule is COCc1cccc(NCC2CCOCC2)c1. The fraction of sp³-hybridized carbons (Fsp3) is 0.571. The van der Waals surface area contributed by atoms with Gasteiger partial charge in [-0.2, -0.15) is 0 Å². The van der Waals surface area contributed by atoms with Gasteiger partial charge in [0, 0.05) is 32.6 Å². The van der Waals surface area contributed by atoms with Gasteiger partial charge in [-0.25, -0.2) is 0 Å². The van der Waals surface area contributed by atoms with Crippen molar-refractivity contribution in [3.05, 3.63) is 29.8 Å². The Bertz CT molecular complexity index is 335. The molecule has 1 aromatic rings.